The monoisotopic (exact) mass is 344 g/mol. The predicted molar refractivity (Wildman–Crippen MR) is 98.4 cm³/mol. The van der Waals surface area contributed by atoms with Gasteiger partial charge in [0.25, 0.3) is 5.91 Å². The minimum atomic E-state index is -0.534. The van der Waals surface area contributed by atoms with Crippen molar-refractivity contribution < 1.29 is 14.3 Å². The van der Waals surface area contributed by atoms with E-state index in [2.05, 4.69) is 11.9 Å². The van der Waals surface area contributed by atoms with Crippen LogP contribution in [0.4, 0.5) is 0 Å². The Balaban J connectivity index is 2.36. The van der Waals surface area contributed by atoms with Gasteiger partial charge in [0.2, 0.25) is 5.91 Å². The van der Waals surface area contributed by atoms with Crippen LogP contribution < -0.4 is 10.1 Å². The van der Waals surface area contributed by atoms with Crippen molar-refractivity contribution in [2.45, 2.75) is 46.2 Å². The number of carbonyl (C=O) groups excluding carboxylic acids is 2. The van der Waals surface area contributed by atoms with E-state index in [9.17, 15) is 9.59 Å². The lowest BCUT2D eigenvalue weighted by molar-refractivity contribution is -0.141. The van der Waals surface area contributed by atoms with Crippen LogP contribution in [-0.4, -0.2) is 41.9 Å². The summed E-state index contributed by atoms with van der Waals surface area (Å²) in [6, 6.07) is 7.04. The molecule has 2 bridgehead atoms. The van der Waals surface area contributed by atoms with Gasteiger partial charge in [-0.2, -0.15) is 0 Å². The lowest BCUT2D eigenvalue weighted by atomic mass is 9.98. The number of nitrogens with one attached hydrogen (secondary N) is 1. The van der Waals surface area contributed by atoms with E-state index in [1.165, 1.54) is 0 Å². The predicted octanol–water partition coefficient (Wildman–Crippen LogP) is 2.56. The quantitative estimate of drug-likeness (QED) is 0.839. The van der Waals surface area contributed by atoms with Crippen LogP contribution in [-0.2, 0) is 16.0 Å². The topological polar surface area (TPSA) is 58.6 Å². The minimum absolute atomic E-state index is 0.00811. The van der Waals surface area contributed by atoms with Crippen molar-refractivity contribution in [3.8, 4) is 5.75 Å². The molecule has 2 aliphatic heterocycles. The zero-order valence-electron chi connectivity index (χ0n) is 15.5. The molecular formula is C20H28N2O3. The molecule has 0 spiro atoms. The SMILES string of the molecule is C=C1COc2ccc(cc2)CCNC(=O)C(C(C)C)N(C(C)C)C1=O. The molecule has 1 aromatic rings. The van der Waals surface area contributed by atoms with Crippen molar-refractivity contribution in [3.05, 3.63) is 42.0 Å². The van der Waals surface area contributed by atoms with Crippen molar-refractivity contribution in [3.63, 3.8) is 0 Å². The third-order valence-corrected chi connectivity index (χ3v) is 4.34. The summed E-state index contributed by atoms with van der Waals surface area (Å²) >= 11 is 0. The highest BCUT2D eigenvalue weighted by atomic mass is 16.5. The van der Waals surface area contributed by atoms with Crippen molar-refractivity contribution >= 4 is 11.8 Å². The molecule has 0 aliphatic carbocycles. The summed E-state index contributed by atoms with van der Waals surface area (Å²) in [4.78, 5) is 27.3. The van der Waals surface area contributed by atoms with Gasteiger partial charge in [0.05, 0.1) is 0 Å². The summed E-state index contributed by atoms with van der Waals surface area (Å²) in [5.41, 5.74) is 1.47. The number of carbonyl (C=O) groups is 2. The van der Waals surface area contributed by atoms with E-state index in [0.29, 0.717) is 17.9 Å². The van der Waals surface area contributed by atoms with Gasteiger partial charge < -0.3 is 15.0 Å². The Morgan fingerprint density at radius 2 is 1.80 bits per heavy atom. The number of nitrogens with zero attached hydrogens (tertiary/aromatic N) is 1. The smallest absolute Gasteiger partial charge is 0.253 e. The number of rotatable bonds is 2. The van der Waals surface area contributed by atoms with Gasteiger partial charge in [0.15, 0.2) is 0 Å². The van der Waals surface area contributed by atoms with Crippen LogP contribution in [0.3, 0.4) is 0 Å². The first-order valence-corrected chi connectivity index (χ1v) is 8.81. The number of benzene rings is 1. The fourth-order valence-corrected chi connectivity index (χ4v) is 3.03. The third-order valence-electron chi connectivity index (χ3n) is 4.34. The number of hydrogen-bond acceptors (Lipinski definition) is 3. The molecule has 0 saturated carbocycles. The van der Waals surface area contributed by atoms with Crippen molar-refractivity contribution in [1.29, 1.82) is 0 Å². The summed E-state index contributed by atoms with van der Waals surface area (Å²) in [5.74, 6) is 0.332. The molecule has 1 aromatic carbocycles. The van der Waals surface area contributed by atoms with Crippen LogP contribution in [0.25, 0.3) is 0 Å². The van der Waals surface area contributed by atoms with Gasteiger partial charge in [-0.05, 0) is 43.9 Å². The average molecular weight is 344 g/mol. The molecule has 1 N–H and O–H groups in total. The lowest BCUT2D eigenvalue weighted by Crippen LogP contribution is -2.55. The van der Waals surface area contributed by atoms with Crippen molar-refractivity contribution in [2.75, 3.05) is 13.2 Å². The van der Waals surface area contributed by atoms with E-state index < -0.39 is 6.04 Å². The van der Waals surface area contributed by atoms with Crippen LogP contribution in [0, 0.1) is 5.92 Å². The van der Waals surface area contributed by atoms with E-state index in [1.54, 1.807) is 4.90 Å². The molecule has 136 valence electrons. The van der Waals surface area contributed by atoms with E-state index in [-0.39, 0.29) is 30.4 Å². The number of fused-ring (bicyclic) bond motifs is 11. The fourth-order valence-electron chi connectivity index (χ4n) is 3.03. The van der Waals surface area contributed by atoms with Gasteiger partial charge in [-0.3, -0.25) is 9.59 Å². The second-order valence-electron chi connectivity index (χ2n) is 7.07. The molecule has 1 atom stereocenters. The maximum absolute atomic E-state index is 12.9. The molecular weight excluding hydrogens is 316 g/mol. The Hall–Kier alpha value is -2.30. The molecule has 5 heteroatoms. The van der Waals surface area contributed by atoms with Gasteiger partial charge in [0, 0.05) is 18.2 Å². The Morgan fingerprint density at radius 3 is 2.36 bits per heavy atom. The molecule has 2 heterocycles. The minimum Gasteiger partial charge on any atom is -0.489 e. The standard InChI is InChI=1S/C20H28N2O3/c1-13(2)18-19(23)21-11-10-16-6-8-17(9-7-16)25-12-15(5)20(24)22(18)14(3)4/h6-9,13-14,18H,5,10-12H2,1-4H3,(H,21,23). The normalized spacial score (nSPS) is 19.8. The molecule has 0 radical (unpaired) electrons. The number of ether oxygens (including phenoxy) is 1. The van der Waals surface area contributed by atoms with Crippen molar-refractivity contribution in [1.82, 2.24) is 10.2 Å². The highest BCUT2D eigenvalue weighted by Crippen LogP contribution is 2.20. The van der Waals surface area contributed by atoms with Gasteiger partial charge in [-0.25, -0.2) is 0 Å². The fraction of sp³-hybridized carbons (Fsp3) is 0.500. The molecule has 0 fully saturated rings. The highest BCUT2D eigenvalue weighted by Gasteiger charge is 2.35. The molecule has 3 rings (SSSR count). The maximum Gasteiger partial charge on any atom is 0.253 e. The summed E-state index contributed by atoms with van der Waals surface area (Å²) in [6.45, 7) is 12.2. The third kappa shape index (κ3) is 4.62. The van der Waals surface area contributed by atoms with E-state index in [4.69, 9.17) is 4.74 Å². The summed E-state index contributed by atoms with van der Waals surface area (Å²) in [6.07, 6.45) is 0.735. The average Bonchev–Trinajstić information content (AvgIpc) is 2.56. The molecule has 0 aromatic heterocycles. The van der Waals surface area contributed by atoms with Crippen LogP contribution >= 0.6 is 0 Å². The van der Waals surface area contributed by atoms with Crippen LogP contribution in [0.1, 0.15) is 33.3 Å². The van der Waals surface area contributed by atoms with Crippen molar-refractivity contribution in [2.24, 2.45) is 5.92 Å². The first kappa shape index (κ1) is 19.0. The van der Waals surface area contributed by atoms with E-state index >= 15 is 0 Å². The van der Waals surface area contributed by atoms with Gasteiger partial charge in [-0.15, -0.1) is 0 Å². The van der Waals surface area contributed by atoms with Crippen LogP contribution in [0.15, 0.2) is 36.4 Å². The highest BCUT2D eigenvalue weighted by molar-refractivity contribution is 5.97. The second kappa shape index (κ2) is 8.19. The zero-order valence-corrected chi connectivity index (χ0v) is 15.5. The molecule has 1 unspecified atom stereocenters. The first-order chi connectivity index (χ1) is 11.8. The van der Waals surface area contributed by atoms with Crippen LogP contribution in [0.2, 0.25) is 0 Å². The van der Waals surface area contributed by atoms with Gasteiger partial charge >= 0.3 is 0 Å². The Kier molecular flexibility index (Phi) is 6.23. The second-order valence-corrected chi connectivity index (χ2v) is 7.07. The Morgan fingerprint density at radius 1 is 1.16 bits per heavy atom. The van der Waals surface area contributed by atoms with Crippen LogP contribution in [0.5, 0.6) is 5.75 Å². The largest absolute Gasteiger partial charge is 0.489 e. The zero-order chi connectivity index (χ0) is 18.6. The van der Waals surface area contributed by atoms with E-state index in [1.807, 2.05) is 52.0 Å². The summed E-state index contributed by atoms with van der Waals surface area (Å²) in [5, 5.41) is 2.98. The molecule has 5 nitrogen and oxygen atoms in total. The molecule has 2 aliphatic rings. The first-order valence-electron chi connectivity index (χ1n) is 8.81. The number of hydrogen-bond donors (Lipinski definition) is 1. The molecule has 25 heavy (non-hydrogen) atoms. The maximum atomic E-state index is 12.9. The van der Waals surface area contributed by atoms with Gasteiger partial charge in [-0.1, -0.05) is 32.6 Å². The molecule has 0 saturated heterocycles. The summed E-state index contributed by atoms with van der Waals surface area (Å²) in [7, 11) is 0. The summed E-state index contributed by atoms with van der Waals surface area (Å²) < 4.78 is 5.69. The lowest BCUT2D eigenvalue weighted by Gasteiger charge is -2.37. The number of amides is 2. The Labute approximate surface area is 150 Å². The molecule has 2 amide bonds. The van der Waals surface area contributed by atoms with E-state index in [0.717, 1.165) is 12.0 Å². The van der Waals surface area contributed by atoms with Gasteiger partial charge in [0.1, 0.15) is 18.4 Å². The Bertz CT molecular complexity index is 635.